The van der Waals surface area contributed by atoms with Crippen molar-refractivity contribution in [3.05, 3.63) is 0 Å². The molecule has 0 spiro atoms. The minimum absolute atomic E-state index is 0. The SMILES string of the molecule is [I-].[I-].[I-].[I-].[I-].[I-].[Na+].[V+5]. The average molecular weight is 835 g/mol. The zero-order valence-corrected chi connectivity index (χ0v) is 20.1. The van der Waals surface area contributed by atoms with Crippen LogP contribution in [0.2, 0.25) is 0 Å². The maximum absolute atomic E-state index is 0. The normalized spacial score (nSPS) is 0. The molecule has 0 N–H and O–H groups in total. The monoisotopic (exact) mass is 835 g/mol. The summed E-state index contributed by atoms with van der Waals surface area (Å²) in [7, 11) is 0. The molecular weight excluding hydrogens is 835 g/mol. The van der Waals surface area contributed by atoms with Crippen LogP contribution < -0.4 is 173 Å². The Labute approximate surface area is 187 Å². The van der Waals surface area contributed by atoms with Crippen molar-refractivity contribution in [1.29, 1.82) is 0 Å². The molecule has 0 bridgehead atoms. The third-order valence-corrected chi connectivity index (χ3v) is 0. The van der Waals surface area contributed by atoms with Crippen molar-refractivity contribution in [3.8, 4) is 0 Å². The van der Waals surface area contributed by atoms with E-state index in [1.807, 2.05) is 0 Å². The second kappa shape index (κ2) is 52.2. The Balaban J connectivity index is 0. The van der Waals surface area contributed by atoms with Gasteiger partial charge in [0.2, 0.25) is 0 Å². The van der Waals surface area contributed by atoms with E-state index in [9.17, 15) is 0 Å². The van der Waals surface area contributed by atoms with Gasteiger partial charge in [0.1, 0.15) is 0 Å². The van der Waals surface area contributed by atoms with Crippen molar-refractivity contribution >= 4 is 0 Å². The standard InChI is InChI=1S/6HI.Na.V/h6*1H;;/q;;;;;;+1;+5/p-6. The summed E-state index contributed by atoms with van der Waals surface area (Å²) in [5.74, 6) is 0. The molecule has 0 rings (SSSR count). The molecule has 0 amide bonds. The zero-order valence-electron chi connectivity index (χ0n) is 3.72. The smallest absolute Gasteiger partial charge is 1.00 e. The first-order valence-corrected chi connectivity index (χ1v) is 0. The first kappa shape index (κ1) is 66.0. The van der Waals surface area contributed by atoms with Gasteiger partial charge in [-0.1, -0.05) is 0 Å². The Kier molecular flexibility index (Phi) is 430. The van der Waals surface area contributed by atoms with E-state index in [0.29, 0.717) is 0 Å². The van der Waals surface area contributed by atoms with E-state index in [2.05, 4.69) is 0 Å². The van der Waals surface area contributed by atoms with E-state index >= 15 is 0 Å². The van der Waals surface area contributed by atoms with Crippen LogP contribution in [0.25, 0.3) is 0 Å². The molecule has 0 unspecified atom stereocenters. The molecule has 48 valence electrons. The fourth-order valence-corrected chi connectivity index (χ4v) is 0. The molecule has 0 aliphatic carbocycles. The summed E-state index contributed by atoms with van der Waals surface area (Å²) in [4.78, 5) is 0. The van der Waals surface area contributed by atoms with Crippen LogP contribution in [0.4, 0.5) is 0 Å². The number of rotatable bonds is 0. The minimum Gasteiger partial charge on any atom is -1.00 e. The summed E-state index contributed by atoms with van der Waals surface area (Å²) in [5.41, 5.74) is 0. The topological polar surface area (TPSA) is 0 Å². The first-order valence-electron chi connectivity index (χ1n) is 0. The third-order valence-electron chi connectivity index (χ3n) is 0. The van der Waals surface area contributed by atoms with Crippen molar-refractivity contribution in [2.75, 3.05) is 0 Å². The van der Waals surface area contributed by atoms with E-state index in [1.54, 1.807) is 0 Å². The molecule has 0 atom stereocenters. The van der Waals surface area contributed by atoms with Crippen LogP contribution in [-0.2, 0) is 18.6 Å². The van der Waals surface area contributed by atoms with Crippen molar-refractivity contribution in [1.82, 2.24) is 0 Å². The summed E-state index contributed by atoms with van der Waals surface area (Å²) in [6.45, 7) is 0. The van der Waals surface area contributed by atoms with Gasteiger partial charge in [-0.25, -0.2) is 0 Å². The summed E-state index contributed by atoms with van der Waals surface area (Å²) < 4.78 is 0. The molecule has 0 aromatic rings. The van der Waals surface area contributed by atoms with Gasteiger partial charge in [0.05, 0.1) is 0 Å². The largest absolute Gasteiger partial charge is 5.00 e. The Morgan fingerprint density at radius 2 is 0.375 bits per heavy atom. The molecule has 8 heteroatoms. The number of halogens is 6. The predicted molar refractivity (Wildman–Crippen MR) is 0 cm³/mol. The van der Waals surface area contributed by atoms with Crippen LogP contribution in [0, 0.1) is 0 Å². The van der Waals surface area contributed by atoms with E-state index in [1.165, 1.54) is 0 Å². The fourth-order valence-electron chi connectivity index (χ4n) is 0. The van der Waals surface area contributed by atoms with Crippen molar-refractivity contribution in [2.45, 2.75) is 0 Å². The van der Waals surface area contributed by atoms with Gasteiger partial charge in [-0.2, -0.15) is 0 Å². The molecule has 0 heterocycles. The maximum atomic E-state index is 0. The van der Waals surface area contributed by atoms with E-state index < -0.39 is 0 Å². The van der Waals surface area contributed by atoms with Gasteiger partial charge in [0.15, 0.2) is 0 Å². The Morgan fingerprint density at radius 1 is 0.375 bits per heavy atom. The number of hydrogen-bond acceptors (Lipinski definition) is 0. The van der Waals surface area contributed by atoms with E-state index in [4.69, 9.17) is 0 Å². The summed E-state index contributed by atoms with van der Waals surface area (Å²) >= 11 is 0. The second-order valence-corrected chi connectivity index (χ2v) is 0. The molecule has 0 radical (unpaired) electrons. The molecule has 0 saturated carbocycles. The molecule has 8 heavy (non-hydrogen) atoms. The van der Waals surface area contributed by atoms with Crippen molar-refractivity contribution in [2.24, 2.45) is 0 Å². The van der Waals surface area contributed by atoms with Crippen LogP contribution in [0.1, 0.15) is 0 Å². The summed E-state index contributed by atoms with van der Waals surface area (Å²) in [6, 6.07) is 0. The quantitative estimate of drug-likeness (QED) is 0.168. The Morgan fingerprint density at radius 3 is 0.375 bits per heavy atom. The van der Waals surface area contributed by atoms with Crippen molar-refractivity contribution < 1.29 is 192 Å². The molecular formula is I6NaV. The van der Waals surface area contributed by atoms with Crippen LogP contribution >= 0.6 is 0 Å². The fraction of sp³-hybridized carbons (Fsp3) is 0. The van der Waals surface area contributed by atoms with Gasteiger partial charge in [0, 0.05) is 0 Å². The van der Waals surface area contributed by atoms with Gasteiger partial charge in [-0.3, -0.25) is 0 Å². The van der Waals surface area contributed by atoms with Crippen LogP contribution in [-0.4, -0.2) is 0 Å². The van der Waals surface area contributed by atoms with E-state index in [0.717, 1.165) is 0 Å². The second-order valence-electron chi connectivity index (χ2n) is 0. The van der Waals surface area contributed by atoms with Crippen molar-refractivity contribution in [3.63, 3.8) is 0 Å². The summed E-state index contributed by atoms with van der Waals surface area (Å²) in [5, 5.41) is 0. The summed E-state index contributed by atoms with van der Waals surface area (Å²) in [6.07, 6.45) is 0. The van der Waals surface area contributed by atoms with Gasteiger partial charge >= 0.3 is 48.1 Å². The van der Waals surface area contributed by atoms with Crippen LogP contribution in [0.15, 0.2) is 0 Å². The molecule has 0 nitrogen and oxygen atoms in total. The molecule has 0 fully saturated rings. The Hall–Kier alpha value is 5.96. The molecule has 0 saturated heterocycles. The molecule has 0 aromatic heterocycles. The third kappa shape index (κ3) is 40.4. The van der Waals surface area contributed by atoms with Crippen LogP contribution in [0.5, 0.6) is 0 Å². The number of hydrogen-bond donors (Lipinski definition) is 0. The van der Waals surface area contributed by atoms with E-state index in [-0.39, 0.29) is 192 Å². The van der Waals surface area contributed by atoms with Gasteiger partial charge in [-0.05, 0) is 0 Å². The maximum Gasteiger partial charge on any atom is 5.00 e. The van der Waals surface area contributed by atoms with Gasteiger partial charge < -0.3 is 144 Å². The zero-order chi connectivity index (χ0) is 0. The van der Waals surface area contributed by atoms with Gasteiger partial charge in [0.25, 0.3) is 0 Å². The van der Waals surface area contributed by atoms with Gasteiger partial charge in [-0.15, -0.1) is 0 Å². The molecule has 0 aliphatic rings. The average Bonchev–Trinajstić information content (AvgIpc) is 0. The molecule has 0 aromatic carbocycles. The molecule has 0 aliphatic heterocycles. The first-order chi connectivity index (χ1) is 0. The minimum atomic E-state index is 0. The Bertz CT molecular complexity index is 8.49. The van der Waals surface area contributed by atoms with Crippen LogP contribution in [0.3, 0.4) is 0 Å². The predicted octanol–water partition coefficient (Wildman–Crippen LogP) is -21.0.